The fraction of sp³-hybridized carbons (Fsp3) is 0.364. The molecule has 0 spiro atoms. The molecule has 1 aliphatic rings. The summed E-state index contributed by atoms with van der Waals surface area (Å²) in [5.74, 6) is 1.29. The lowest BCUT2D eigenvalue weighted by Gasteiger charge is -2.10. The predicted octanol–water partition coefficient (Wildman–Crippen LogP) is 2.28. The third kappa shape index (κ3) is 5.19. The van der Waals surface area contributed by atoms with Crippen LogP contribution in [0.15, 0.2) is 42.5 Å². The number of hydrogen-bond donors (Lipinski definition) is 2. The Hall–Kier alpha value is -3.22. The van der Waals surface area contributed by atoms with Crippen LogP contribution in [-0.2, 0) is 22.7 Å². The van der Waals surface area contributed by atoms with Gasteiger partial charge in [0.15, 0.2) is 11.5 Å². The van der Waals surface area contributed by atoms with Crippen LogP contribution in [-0.4, -0.2) is 33.1 Å². The van der Waals surface area contributed by atoms with E-state index in [0.29, 0.717) is 31.0 Å². The molecule has 1 fully saturated rings. The van der Waals surface area contributed by atoms with Gasteiger partial charge in [0.05, 0.1) is 33.2 Å². The highest BCUT2D eigenvalue weighted by atomic mass is 16.5. The van der Waals surface area contributed by atoms with E-state index < -0.39 is 0 Å². The predicted molar refractivity (Wildman–Crippen MR) is 108 cm³/mol. The Kier molecular flexibility index (Phi) is 6.59. The minimum absolute atomic E-state index is 0.0907. The highest BCUT2D eigenvalue weighted by Gasteiger charge is 2.47. The molecule has 29 heavy (non-hydrogen) atoms. The first-order chi connectivity index (χ1) is 14.0. The molecule has 0 saturated heterocycles. The highest BCUT2D eigenvalue weighted by molar-refractivity contribution is 5.92. The average molecular weight is 398 g/mol. The third-order valence-electron chi connectivity index (χ3n) is 5.00. The van der Waals surface area contributed by atoms with Crippen molar-refractivity contribution in [3.63, 3.8) is 0 Å². The Bertz CT molecular complexity index is 866. The summed E-state index contributed by atoms with van der Waals surface area (Å²) < 4.78 is 15.6. The Labute approximate surface area is 170 Å². The van der Waals surface area contributed by atoms with Gasteiger partial charge in [0.25, 0.3) is 0 Å². The van der Waals surface area contributed by atoms with Crippen LogP contribution in [0.4, 0.5) is 0 Å². The molecule has 2 N–H and O–H groups in total. The molecule has 154 valence electrons. The van der Waals surface area contributed by atoms with Gasteiger partial charge in [0.2, 0.25) is 11.8 Å². The first kappa shape index (κ1) is 20.5. The summed E-state index contributed by atoms with van der Waals surface area (Å²) in [5, 5.41) is 5.79. The number of carbonyl (C=O) groups is 2. The molecule has 2 atom stereocenters. The van der Waals surface area contributed by atoms with Gasteiger partial charge in [-0.05, 0) is 41.8 Å². The number of nitrogens with one attached hydrogen (secondary N) is 2. The van der Waals surface area contributed by atoms with Crippen molar-refractivity contribution >= 4 is 11.8 Å². The molecule has 1 saturated carbocycles. The lowest BCUT2D eigenvalue weighted by atomic mass is 10.2. The molecular formula is C22H26N2O5. The van der Waals surface area contributed by atoms with Crippen molar-refractivity contribution in [1.82, 2.24) is 10.6 Å². The van der Waals surface area contributed by atoms with Crippen LogP contribution in [0, 0.1) is 11.8 Å². The van der Waals surface area contributed by atoms with Gasteiger partial charge >= 0.3 is 0 Å². The molecule has 2 amide bonds. The molecule has 3 rings (SSSR count). The Morgan fingerprint density at radius 3 is 1.90 bits per heavy atom. The highest BCUT2D eigenvalue weighted by Crippen LogP contribution is 2.39. The zero-order valence-corrected chi connectivity index (χ0v) is 16.9. The quantitative estimate of drug-likeness (QED) is 0.677. The van der Waals surface area contributed by atoms with Gasteiger partial charge < -0.3 is 24.8 Å². The first-order valence-corrected chi connectivity index (χ1v) is 9.45. The monoisotopic (exact) mass is 398 g/mol. The summed E-state index contributed by atoms with van der Waals surface area (Å²) in [6.07, 6.45) is 0.576. The molecule has 0 aliphatic heterocycles. The molecule has 7 nitrogen and oxygen atoms in total. The summed E-state index contributed by atoms with van der Waals surface area (Å²) in [7, 11) is 4.76. The van der Waals surface area contributed by atoms with Crippen molar-refractivity contribution in [2.24, 2.45) is 11.8 Å². The molecule has 2 unspecified atom stereocenters. The lowest BCUT2D eigenvalue weighted by molar-refractivity contribution is -0.127. The van der Waals surface area contributed by atoms with E-state index in [1.165, 1.54) is 0 Å². The van der Waals surface area contributed by atoms with E-state index in [0.717, 1.165) is 16.9 Å². The maximum Gasteiger partial charge on any atom is 0.224 e. The third-order valence-corrected chi connectivity index (χ3v) is 5.00. The number of hydrogen-bond acceptors (Lipinski definition) is 5. The minimum atomic E-state index is -0.272. The molecule has 0 aromatic heterocycles. The van der Waals surface area contributed by atoms with Crippen molar-refractivity contribution in [3.05, 3.63) is 53.6 Å². The maximum atomic E-state index is 12.4. The molecule has 0 bridgehead atoms. The van der Waals surface area contributed by atoms with Gasteiger partial charge in [0, 0.05) is 13.1 Å². The number of benzene rings is 2. The molecule has 0 radical (unpaired) electrons. The Morgan fingerprint density at radius 1 is 0.793 bits per heavy atom. The molecule has 2 aromatic carbocycles. The Balaban J connectivity index is 1.44. The zero-order valence-electron chi connectivity index (χ0n) is 16.9. The second-order valence-electron chi connectivity index (χ2n) is 6.92. The molecule has 2 aromatic rings. The minimum Gasteiger partial charge on any atom is -0.497 e. The first-order valence-electron chi connectivity index (χ1n) is 9.45. The van der Waals surface area contributed by atoms with Crippen molar-refractivity contribution in [3.8, 4) is 17.2 Å². The van der Waals surface area contributed by atoms with Gasteiger partial charge in [0.1, 0.15) is 5.75 Å². The van der Waals surface area contributed by atoms with Crippen LogP contribution in [0.25, 0.3) is 0 Å². The SMILES string of the molecule is COc1ccc(CNC(=O)C2CC2C(=O)NCc2ccc(OC)c(OC)c2)cc1. The van der Waals surface area contributed by atoms with Gasteiger partial charge in [-0.3, -0.25) is 9.59 Å². The van der Waals surface area contributed by atoms with E-state index in [-0.39, 0.29) is 23.7 Å². The summed E-state index contributed by atoms with van der Waals surface area (Å²) in [5.41, 5.74) is 1.88. The van der Waals surface area contributed by atoms with E-state index in [1.807, 2.05) is 36.4 Å². The number of rotatable bonds is 9. The molecule has 1 aliphatic carbocycles. The fourth-order valence-corrected chi connectivity index (χ4v) is 3.15. The maximum absolute atomic E-state index is 12.4. The Morgan fingerprint density at radius 2 is 1.34 bits per heavy atom. The molecule has 7 heteroatoms. The largest absolute Gasteiger partial charge is 0.497 e. The van der Waals surface area contributed by atoms with E-state index in [1.54, 1.807) is 27.4 Å². The molecular weight excluding hydrogens is 372 g/mol. The van der Waals surface area contributed by atoms with E-state index in [2.05, 4.69) is 10.6 Å². The average Bonchev–Trinajstić information content (AvgIpc) is 3.57. The van der Waals surface area contributed by atoms with Crippen molar-refractivity contribution in [2.45, 2.75) is 19.5 Å². The summed E-state index contributed by atoms with van der Waals surface area (Å²) in [4.78, 5) is 24.7. The van der Waals surface area contributed by atoms with Crippen molar-refractivity contribution in [2.75, 3.05) is 21.3 Å². The number of amides is 2. The number of methoxy groups -OCH3 is 3. The topological polar surface area (TPSA) is 85.9 Å². The van der Waals surface area contributed by atoms with Crippen LogP contribution in [0.3, 0.4) is 0 Å². The van der Waals surface area contributed by atoms with Crippen LogP contribution in [0.1, 0.15) is 17.5 Å². The van der Waals surface area contributed by atoms with Crippen LogP contribution in [0.2, 0.25) is 0 Å². The smallest absolute Gasteiger partial charge is 0.224 e. The number of carbonyl (C=O) groups excluding carboxylic acids is 2. The van der Waals surface area contributed by atoms with Crippen LogP contribution in [0.5, 0.6) is 17.2 Å². The second-order valence-corrected chi connectivity index (χ2v) is 6.92. The summed E-state index contributed by atoms with van der Waals surface area (Å²) in [6.45, 7) is 0.801. The zero-order chi connectivity index (χ0) is 20.8. The fourth-order valence-electron chi connectivity index (χ4n) is 3.15. The van der Waals surface area contributed by atoms with Crippen molar-refractivity contribution < 1.29 is 23.8 Å². The lowest BCUT2D eigenvalue weighted by Crippen LogP contribution is -2.29. The van der Waals surface area contributed by atoms with Gasteiger partial charge in [-0.25, -0.2) is 0 Å². The molecule has 0 heterocycles. The standard InChI is InChI=1S/C22H26N2O5/c1-27-16-7-4-14(5-8-16)12-23-21(25)17-11-18(17)22(26)24-13-15-6-9-19(28-2)20(10-15)29-3/h4-10,17-18H,11-13H2,1-3H3,(H,23,25)(H,24,26). The summed E-state index contributed by atoms with van der Waals surface area (Å²) >= 11 is 0. The van der Waals surface area contributed by atoms with Crippen molar-refractivity contribution in [1.29, 1.82) is 0 Å². The van der Waals surface area contributed by atoms with E-state index >= 15 is 0 Å². The number of ether oxygens (including phenoxy) is 3. The second kappa shape index (κ2) is 9.32. The van der Waals surface area contributed by atoms with Gasteiger partial charge in [-0.15, -0.1) is 0 Å². The van der Waals surface area contributed by atoms with Crippen LogP contribution >= 0.6 is 0 Å². The normalized spacial score (nSPS) is 17.2. The van der Waals surface area contributed by atoms with Gasteiger partial charge in [-0.2, -0.15) is 0 Å². The van der Waals surface area contributed by atoms with E-state index in [4.69, 9.17) is 14.2 Å². The van der Waals surface area contributed by atoms with Crippen LogP contribution < -0.4 is 24.8 Å². The summed E-state index contributed by atoms with van der Waals surface area (Å²) in [6, 6.07) is 13.0. The van der Waals surface area contributed by atoms with E-state index in [9.17, 15) is 9.59 Å². The van der Waals surface area contributed by atoms with Gasteiger partial charge in [-0.1, -0.05) is 18.2 Å².